The molecule has 0 fully saturated rings. The Morgan fingerprint density at radius 1 is 0.650 bits per heavy atom. The fraction of sp³-hybridized carbons (Fsp3) is 1.00. The first-order valence-corrected chi connectivity index (χ1v) is 6.42. The molecule has 0 unspecified atom stereocenters. The SMILES string of the molecule is O=S(O)(O)(CC(F)(F)C(F)(F)F)CC(F)(F)C(F)(F)F. The van der Waals surface area contributed by atoms with Crippen molar-refractivity contribution in [2.75, 3.05) is 11.5 Å². The minimum absolute atomic E-state index is 3.53. The summed E-state index contributed by atoms with van der Waals surface area (Å²) in [5, 5.41) is 0. The lowest BCUT2D eigenvalue weighted by atomic mass is 10.4. The molecule has 0 aromatic rings. The van der Waals surface area contributed by atoms with Crippen molar-refractivity contribution in [1.82, 2.24) is 0 Å². The second kappa shape index (κ2) is 4.43. The monoisotopic (exact) mass is 348 g/mol. The molecule has 0 aliphatic carbocycles. The van der Waals surface area contributed by atoms with Gasteiger partial charge in [-0.05, 0) is 0 Å². The van der Waals surface area contributed by atoms with E-state index in [1.54, 1.807) is 0 Å². The lowest BCUT2D eigenvalue weighted by Crippen LogP contribution is -2.58. The van der Waals surface area contributed by atoms with Gasteiger partial charge in [-0.1, -0.05) is 0 Å². The molecular weight excluding hydrogens is 342 g/mol. The van der Waals surface area contributed by atoms with Crippen LogP contribution in [0.2, 0.25) is 0 Å². The molecule has 0 bridgehead atoms. The van der Waals surface area contributed by atoms with Crippen LogP contribution in [0.15, 0.2) is 0 Å². The molecule has 3 nitrogen and oxygen atoms in total. The van der Waals surface area contributed by atoms with E-state index in [4.69, 9.17) is 9.11 Å². The van der Waals surface area contributed by atoms with Crippen LogP contribution in [-0.2, 0) is 9.63 Å². The lowest BCUT2D eigenvalue weighted by Gasteiger charge is -2.37. The third-order valence-electron chi connectivity index (χ3n) is 1.77. The zero-order valence-electron chi connectivity index (χ0n) is 8.90. The molecule has 2 N–H and O–H groups in total. The van der Waals surface area contributed by atoms with E-state index in [-0.39, 0.29) is 0 Å². The van der Waals surface area contributed by atoms with Crippen LogP contribution in [0.4, 0.5) is 43.9 Å². The van der Waals surface area contributed by atoms with Crippen LogP contribution >= 0.6 is 0 Å². The summed E-state index contributed by atoms with van der Waals surface area (Å²) >= 11 is 0. The van der Waals surface area contributed by atoms with Crippen LogP contribution in [-0.4, -0.2) is 49.0 Å². The van der Waals surface area contributed by atoms with Gasteiger partial charge in [0.15, 0.2) is 0 Å². The van der Waals surface area contributed by atoms with Gasteiger partial charge in [-0.25, -0.2) is 4.21 Å². The quantitative estimate of drug-likeness (QED) is 0.768. The lowest BCUT2D eigenvalue weighted by molar-refractivity contribution is -0.276. The maximum Gasteiger partial charge on any atom is 0.454 e. The Labute approximate surface area is 104 Å². The molecule has 0 radical (unpaired) electrons. The van der Waals surface area contributed by atoms with E-state index in [1.165, 1.54) is 0 Å². The standard InChI is InChI=1S/C6H6F10O3S/c7-3(8,5(11,12)13)1-20(17,18,19)2-4(9,10)6(14,15)16/h1-2H2,(H2,17,18,19). The van der Waals surface area contributed by atoms with Crippen LogP contribution in [0.25, 0.3) is 0 Å². The smallest absolute Gasteiger partial charge is 0.307 e. The highest BCUT2D eigenvalue weighted by molar-refractivity contribution is 8.10. The topological polar surface area (TPSA) is 57.5 Å². The van der Waals surface area contributed by atoms with Gasteiger partial charge in [-0.3, -0.25) is 0 Å². The highest BCUT2D eigenvalue weighted by atomic mass is 32.3. The highest BCUT2D eigenvalue weighted by Crippen LogP contribution is 2.44. The van der Waals surface area contributed by atoms with Crippen LogP contribution in [0.1, 0.15) is 0 Å². The van der Waals surface area contributed by atoms with E-state index < -0.39 is 45.3 Å². The summed E-state index contributed by atoms with van der Waals surface area (Å²) < 4.78 is 148. The van der Waals surface area contributed by atoms with Crippen molar-refractivity contribution >= 4 is 9.63 Å². The highest BCUT2D eigenvalue weighted by Gasteiger charge is 2.67. The minimum atomic E-state index is -7.59. The molecule has 20 heavy (non-hydrogen) atoms. The average Bonchev–Trinajstić information content (AvgIpc) is 1.90. The van der Waals surface area contributed by atoms with Gasteiger partial charge in [0.2, 0.25) is 0 Å². The Hall–Kier alpha value is -0.630. The molecule has 124 valence electrons. The van der Waals surface area contributed by atoms with E-state index >= 15 is 0 Å². The summed E-state index contributed by atoms with van der Waals surface area (Å²) in [6.07, 6.45) is -13.0. The summed E-state index contributed by atoms with van der Waals surface area (Å²) in [7, 11) is -7.59. The Kier molecular flexibility index (Phi) is 4.29. The normalized spacial score (nSPS) is 17.7. The van der Waals surface area contributed by atoms with Crippen molar-refractivity contribution in [3.05, 3.63) is 0 Å². The summed E-state index contributed by atoms with van der Waals surface area (Å²) in [6.45, 7) is 0. The van der Waals surface area contributed by atoms with Crippen molar-refractivity contribution < 1.29 is 57.2 Å². The average molecular weight is 348 g/mol. The Morgan fingerprint density at radius 3 is 1.00 bits per heavy atom. The third-order valence-corrected chi connectivity index (χ3v) is 3.66. The number of alkyl halides is 10. The molecule has 0 saturated carbocycles. The van der Waals surface area contributed by atoms with Crippen molar-refractivity contribution in [1.29, 1.82) is 0 Å². The maximum atomic E-state index is 12.4. The van der Waals surface area contributed by atoms with Gasteiger partial charge in [0.1, 0.15) is 11.5 Å². The van der Waals surface area contributed by atoms with Crippen LogP contribution in [0.5, 0.6) is 0 Å². The van der Waals surface area contributed by atoms with Crippen LogP contribution < -0.4 is 0 Å². The fourth-order valence-corrected chi connectivity index (χ4v) is 2.83. The van der Waals surface area contributed by atoms with Crippen LogP contribution in [0.3, 0.4) is 0 Å². The summed E-state index contributed by atoms with van der Waals surface area (Å²) in [5.41, 5.74) is 0. The first-order chi connectivity index (χ1) is 8.18. The maximum absolute atomic E-state index is 12.4. The molecule has 0 heterocycles. The van der Waals surface area contributed by atoms with Gasteiger partial charge < -0.3 is 9.11 Å². The zero-order valence-corrected chi connectivity index (χ0v) is 9.72. The van der Waals surface area contributed by atoms with Gasteiger partial charge in [0.05, 0.1) is 9.63 Å². The summed E-state index contributed by atoms with van der Waals surface area (Å²) in [4.78, 5) is 0. The van der Waals surface area contributed by atoms with E-state index in [1.807, 2.05) is 0 Å². The molecule has 0 saturated heterocycles. The molecule has 0 aromatic heterocycles. The molecular formula is C6H6F10O3S. The summed E-state index contributed by atoms with van der Waals surface area (Å²) in [5.74, 6) is -19.3. The second-order valence-corrected chi connectivity index (χ2v) is 6.83. The van der Waals surface area contributed by atoms with E-state index in [0.717, 1.165) is 0 Å². The Balaban J connectivity index is 5.46. The van der Waals surface area contributed by atoms with Gasteiger partial charge in [0, 0.05) is 0 Å². The molecule has 0 aromatic carbocycles. The number of rotatable bonds is 4. The van der Waals surface area contributed by atoms with Gasteiger partial charge >= 0.3 is 24.2 Å². The van der Waals surface area contributed by atoms with Crippen molar-refractivity contribution in [3.63, 3.8) is 0 Å². The predicted molar refractivity (Wildman–Crippen MR) is 45.1 cm³/mol. The van der Waals surface area contributed by atoms with Gasteiger partial charge in [-0.2, -0.15) is 43.9 Å². The number of hydrogen-bond donors (Lipinski definition) is 2. The van der Waals surface area contributed by atoms with E-state index in [0.29, 0.717) is 0 Å². The van der Waals surface area contributed by atoms with E-state index in [9.17, 15) is 48.1 Å². The predicted octanol–water partition coefficient (Wildman–Crippen LogP) is 3.15. The zero-order chi connectivity index (χ0) is 16.9. The fourth-order valence-electron chi connectivity index (χ4n) is 0.943. The first kappa shape index (κ1) is 19.4. The van der Waals surface area contributed by atoms with Gasteiger partial charge in [-0.15, -0.1) is 0 Å². The number of hydrogen-bond acceptors (Lipinski definition) is 1. The Bertz CT molecular complexity index is 395. The van der Waals surface area contributed by atoms with Crippen molar-refractivity contribution in [2.24, 2.45) is 0 Å². The molecule has 14 heteroatoms. The molecule has 0 aliphatic heterocycles. The van der Waals surface area contributed by atoms with Crippen molar-refractivity contribution in [2.45, 2.75) is 24.2 Å². The van der Waals surface area contributed by atoms with Crippen LogP contribution in [0, 0.1) is 0 Å². The largest absolute Gasteiger partial charge is 0.454 e. The second-order valence-electron chi connectivity index (χ2n) is 3.88. The molecule has 0 spiro atoms. The van der Waals surface area contributed by atoms with Gasteiger partial charge in [0.25, 0.3) is 0 Å². The minimum Gasteiger partial charge on any atom is -0.307 e. The molecule has 0 rings (SSSR count). The summed E-state index contributed by atoms with van der Waals surface area (Å²) in [6, 6.07) is 0. The molecule has 0 amide bonds. The Morgan fingerprint density at radius 2 is 0.850 bits per heavy atom. The third kappa shape index (κ3) is 4.73. The molecule has 0 aliphatic rings. The van der Waals surface area contributed by atoms with E-state index in [2.05, 4.69) is 0 Å². The number of halogens is 10. The van der Waals surface area contributed by atoms with Crippen molar-refractivity contribution in [3.8, 4) is 0 Å². The first-order valence-electron chi connectivity index (χ1n) is 4.21. The molecule has 0 atom stereocenters.